The molecular formula is C18H22FN3O4. The minimum atomic E-state index is -0.888. The van der Waals surface area contributed by atoms with Crippen molar-refractivity contribution in [1.82, 2.24) is 15.5 Å². The largest absolute Gasteiger partial charge is 0.481 e. The van der Waals surface area contributed by atoms with Gasteiger partial charge in [0, 0.05) is 30.4 Å². The second-order valence-electron chi connectivity index (χ2n) is 6.70. The fraction of sp³-hybridized carbons (Fsp3) is 0.444. The van der Waals surface area contributed by atoms with Crippen molar-refractivity contribution in [2.75, 3.05) is 0 Å². The quantitative estimate of drug-likeness (QED) is 0.710. The summed E-state index contributed by atoms with van der Waals surface area (Å²) < 4.78 is 18.1. The lowest BCUT2D eigenvalue weighted by Crippen LogP contribution is -2.43. The van der Waals surface area contributed by atoms with Crippen LogP contribution in [0.5, 0.6) is 0 Å². The van der Waals surface area contributed by atoms with E-state index >= 15 is 0 Å². The summed E-state index contributed by atoms with van der Waals surface area (Å²) in [6.45, 7) is 3.58. The van der Waals surface area contributed by atoms with Gasteiger partial charge in [-0.3, -0.25) is 9.59 Å². The van der Waals surface area contributed by atoms with Crippen LogP contribution in [0.2, 0.25) is 0 Å². The van der Waals surface area contributed by atoms with Gasteiger partial charge in [-0.2, -0.15) is 4.98 Å². The highest BCUT2D eigenvalue weighted by molar-refractivity contribution is 5.76. The van der Waals surface area contributed by atoms with Gasteiger partial charge in [0.25, 0.3) is 0 Å². The molecule has 26 heavy (non-hydrogen) atoms. The van der Waals surface area contributed by atoms with E-state index in [1.807, 2.05) is 0 Å². The van der Waals surface area contributed by atoms with Gasteiger partial charge in [0.2, 0.25) is 17.6 Å². The summed E-state index contributed by atoms with van der Waals surface area (Å²) in [5.41, 5.74) is 0.0785. The molecule has 0 bridgehead atoms. The van der Waals surface area contributed by atoms with Crippen LogP contribution in [0.4, 0.5) is 4.39 Å². The summed E-state index contributed by atoms with van der Waals surface area (Å²) in [6, 6.07) is 5.77. The van der Waals surface area contributed by atoms with Crippen LogP contribution in [0.25, 0.3) is 11.4 Å². The van der Waals surface area contributed by atoms with E-state index in [9.17, 15) is 14.0 Å². The van der Waals surface area contributed by atoms with Crippen LogP contribution >= 0.6 is 0 Å². The molecule has 0 spiro atoms. The Bertz CT molecular complexity index is 756. The molecule has 2 rings (SSSR count). The first-order valence-corrected chi connectivity index (χ1v) is 8.36. The number of carbonyl (C=O) groups is 2. The van der Waals surface area contributed by atoms with Crippen molar-refractivity contribution >= 4 is 11.9 Å². The minimum Gasteiger partial charge on any atom is -0.481 e. The molecule has 0 aliphatic heterocycles. The van der Waals surface area contributed by atoms with Crippen molar-refractivity contribution in [3.8, 4) is 11.4 Å². The lowest BCUT2D eigenvalue weighted by Gasteiger charge is -2.25. The Balaban J connectivity index is 1.78. The van der Waals surface area contributed by atoms with Gasteiger partial charge in [-0.05, 0) is 51.0 Å². The van der Waals surface area contributed by atoms with Crippen LogP contribution in [0.3, 0.4) is 0 Å². The molecule has 2 N–H and O–H groups in total. The van der Waals surface area contributed by atoms with Gasteiger partial charge in [-0.1, -0.05) is 5.16 Å². The van der Waals surface area contributed by atoms with E-state index in [2.05, 4.69) is 15.5 Å². The third kappa shape index (κ3) is 6.27. The highest BCUT2D eigenvalue weighted by Gasteiger charge is 2.21. The Morgan fingerprint density at radius 3 is 2.58 bits per heavy atom. The van der Waals surface area contributed by atoms with Crippen LogP contribution in [-0.4, -0.2) is 32.7 Å². The van der Waals surface area contributed by atoms with E-state index in [1.54, 1.807) is 26.0 Å². The number of aliphatic carboxylic acids is 1. The zero-order chi connectivity index (χ0) is 19.2. The smallest absolute Gasteiger partial charge is 0.303 e. The van der Waals surface area contributed by atoms with Crippen LogP contribution in [0.15, 0.2) is 28.8 Å². The maximum atomic E-state index is 12.9. The molecule has 1 heterocycles. The van der Waals surface area contributed by atoms with Crippen LogP contribution < -0.4 is 5.32 Å². The molecular weight excluding hydrogens is 341 g/mol. The van der Waals surface area contributed by atoms with Crippen molar-refractivity contribution in [3.05, 3.63) is 36.0 Å². The Morgan fingerprint density at radius 1 is 1.23 bits per heavy atom. The number of hydrogen-bond acceptors (Lipinski definition) is 5. The third-order valence-electron chi connectivity index (χ3n) is 3.81. The molecule has 0 aliphatic carbocycles. The molecule has 1 amide bonds. The van der Waals surface area contributed by atoms with Crippen LogP contribution in [0, 0.1) is 5.82 Å². The molecule has 1 aromatic carbocycles. The van der Waals surface area contributed by atoms with Gasteiger partial charge in [-0.15, -0.1) is 0 Å². The van der Waals surface area contributed by atoms with Crippen molar-refractivity contribution in [1.29, 1.82) is 0 Å². The minimum absolute atomic E-state index is 0.00142. The van der Waals surface area contributed by atoms with Crippen molar-refractivity contribution in [2.45, 2.75) is 51.5 Å². The Kier molecular flexibility index (Phi) is 6.43. The number of benzene rings is 1. The van der Waals surface area contributed by atoms with Crippen LogP contribution in [-0.2, 0) is 16.0 Å². The number of halogens is 1. The predicted octanol–water partition coefficient (Wildman–Crippen LogP) is 2.96. The van der Waals surface area contributed by atoms with Gasteiger partial charge >= 0.3 is 5.97 Å². The van der Waals surface area contributed by atoms with Gasteiger partial charge in [-0.25, -0.2) is 4.39 Å². The summed E-state index contributed by atoms with van der Waals surface area (Å²) >= 11 is 0. The maximum Gasteiger partial charge on any atom is 0.303 e. The predicted molar refractivity (Wildman–Crippen MR) is 91.7 cm³/mol. The topological polar surface area (TPSA) is 105 Å². The third-order valence-corrected chi connectivity index (χ3v) is 3.81. The number of rotatable bonds is 9. The summed E-state index contributed by atoms with van der Waals surface area (Å²) in [5, 5.41) is 15.4. The first-order valence-electron chi connectivity index (χ1n) is 8.36. The molecule has 0 radical (unpaired) electrons. The van der Waals surface area contributed by atoms with Gasteiger partial charge in [0.1, 0.15) is 5.82 Å². The molecule has 140 valence electrons. The first kappa shape index (κ1) is 19.6. The van der Waals surface area contributed by atoms with E-state index in [1.165, 1.54) is 12.1 Å². The number of hydrogen-bond donors (Lipinski definition) is 2. The lowest BCUT2D eigenvalue weighted by molar-refractivity contribution is -0.137. The number of amides is 1. The fourth-order valence-corrected chi connectivity index (χ4v) is 2.39. The average molecular weight is 363 g/mol. The Hall–Kier alpha value is -2.77. The Morgan fingerprint density at radius 2 is 1.92 bits per heavy atom. The van der Waals surface area contributed by atoms with Gasteiger partial charge in [0.05, 0.1) is 0 Å². The molecule has 0 saturated carbocycles. The summed E-state index contributed by atoms with van der Waals surface area (Å²) in [7, 11) is 0. The number of carboxylic acids is 1. The average Bonchev–Trinajstić information content (AvgIpc) is 3.02. The number of aromatic nitrogens is 2. The SMILES string of the molecule is CC(C)(CCC(=O)O)NC(=O)CCCc1nc(-c2ccc(F)cc2)no1. The highest BCUT2D eigenvalue weighted by Crippen LogP contribution is 2.17. The standard InChI is InChI=1S/C18H22FN3O4/c1-18(2,11-10-16(24)25)21-14(23)4-3-5-15-20-17(22-26-15)12-6-8-13(19)9-7-12/h6-9H,3-5,10-11H2,1-2H3,(H,21,23)(H,24,25). The molecule has 1 aromatic heterocycles. The lowest BCUT2D eigenvalue weighted by atomic mass is 9.98. The fourth-order valence-electron chi connectivity index (χ4n) is 2.39. The number of nitrogens with zero attached hydrogens (tertiary/aromatic N) is 2. The van der Waals surface area contributed by atoms with E-state index < -0.39 is 11.5 Å². The second-order valence-corrected chi connectivity index (χ2v) is 6.70. The molecule has 0 unspecified atom stereocenters. The van der Waals surface area contributed by atoms with E-state index in [0.717, 1.165) is 0 Å². The van der Waals surface area contributed by atoms with Gasteiger partial charge in [0.15, 0.2) is 0 Å². The number of carboxylic acid groups (broad SMARTS) is 1. The van der Waals surface area contributed by atoms with Crippen molar-refractivity contribution in [2.24, 2.45) is 0 Å². The molecule has 0 saturated heterocycles. The monoisotopic (exact) mass is 363 g/mol. The summed E-state index contributed by atoms with van der Waals surface area (Å²) in [6.07, 6.45) is 1.59. The molecule has 7 nitrogen and oxygen atoms in total. The molecule has 0 atom stereocenters. The van der Waals surface area contributed by atoms with E-state index in [0.29, 0.717) is 36.5 Å². The van der Waals surface area contributed by atoms with Gasteiger partial charge < -0.3 is 14.9 Å². The van der Waals surface area contributed by atoms with Crippen LogP contribution in [0.1, 0.15) is 45.4 Å². The molecule has 0 aliphatic rings. The zero-order valence-corrected chi connectivity index (χ0v) is 14.8. The van der Waals surface area contributed by atoms with Crippen molar-refractivity contribution < 1.29 is 23.6 Å². The van der Waals surface area contributed by atoms with E-state index in [4.69, 9.17) is 9.63 Å². The summed E-state index contributed by atoms with van der Waals surface area (Å²) in [4.78, 5) is 26.9. The Labute approximate surface area is 150 Å². The number of aryl methyl sites for hydroxylation is 1. The second kappa shape index (κ2) is 8.55. The van der Waals surface area contributed by atoms with E-state index in [-0.39, 0.29) is 24.6 Å². The molecule has 0 fully saturated rings. The summed E-state index contributed by atoms with van der Waals surface area (Å²) in [5.74, 6) is -0.601. The number of carbonyl (C=O) groups excluding carboxylic acids is 1. The normalized spacial score (nSPS) is 11.3. The molecule has 2 aromatic rings. The number of nitrogens with one attached hydrogen (secondary N) is 1. The highest BCUT2D eigenvalue weighted by atomic mass is 19.1. The maximum absolute atomic E-state index is 12.9. The zero-order valence-electron chi connectivity index (χ0n) is 14.8. The van der Waals surface area contributed by atoms with Crippen molar-refractivity contribution in [3.63, 3.8) is 0 Å². The first-order chi connectivity index (χ1) is 12.2. The molecule has 8 heteroatoms.